The molecule has 2 N–H and O–H groups in total. The van der Waals surface area contributed by atoms with E-state index in [0.29, 0.717) is 5.91 Å². The van der Waals surface area contributed by atoms with Crippen molar-refractivity contribution in [3.8, 4) is 0 Å². The van der Waals surface area contributed by atoms with Crippen molar-refractivity contribution in [2.45, 2.75) is 39.0 Å². The molecule has 1 saturated carbocycles. The first-order valence-electron chi connectivity index (χ1n) is 7.59. The SMILES string of the molecule is CCNC(=NCC1CC1)NCCCN1CCCC1=O.I. The maximum atomic E-state index is 11.5. The highest BCUT2D eigenvalue weighted by Gasteiger charge is 2.21. The molecule has 0 unspecified atom stereocenters. The molecule has 0 aromatic rings. The average molecular weight is 394 g/mol. The van der Waals surface area contributed by atoms with Crippen LogP contribution in [0.4, 0.5) is 0 Å². The molecule has 1 aliphatic carbocycles. The van der Waals surface area contributed by atoms with E-state index in [-0.39, 0.29) is 24.0 Å². The van der Waals surface area contributed by atoms with Gasteiger partial charge in [0.05, 0.1) is 0 Å². The second-order valence-corrected chi connectivity index (χ2v) is 5.43. The van der Waals surface area contributed by atoms with Gasteiger partial charge in [-0.05, 0) is 38.5 Å². The number of nitrogens with zero attached hydrogens (tertiary/aromatic N) is 2. The molecule has 116 valence electrons. The normalized spacial score (nSPS) is 18.9. The molecular formula is C14H27IN4O. The zero-order chi connectivity index (χ0) is 13.5. The number of likely N-dealkylation sites (tertiary alicyclic amines) is 1. The van der Waals surface area contributed by atoms with Crippen LogP contribution in [-0.4, -0.2) is 49.5 Å². The summed E-state index contributed by atoms with van der Waals surface area (Å²) in [5.41, 5.74) is 0. The Labute approximate surface area is 139 Å². The first kappa shape index (κ1) is 17.5. The smallest absolute Gasteiger partial charge is 0.222 e. The molecule has 0 aromatic carbocycles. The Morgan fingerprint density at radius 1 is 1.40 bits per heavy atom. The fourth-order valence-electron chi connectivity index (χ4n) is 2.28. The van der Waals surface area contributed by atoms with Crippen LogP contribution in [-0.2, 0) is 4.79 Å². The predicted octanol–water partition coefficient (Wildman–Crippen LogP) is 1.58. The molecule has 0 radical (unpaired) electrons. The number of hydrogen-bond donors (Lipinski definition) is 2. The van der Waals surface area contributed by atoms with Crippen molar-refractivity contribution in [3.63, 3.8) is 0 Å². The van der Waals surface area contributed by atoms with Gasteiger partial charge in [-0.2, -0.15) is 0 Å². The molecule has 2 aliphatic rings. The van der Waals surface area contributed by atoms with Gasteiger partial charge in [0.15, 0.2) is 5.96 Å². The lowest BCUT2D eigenvalue weighted by Crippen LogP contribution is -2.39. The third kappa shape index (κ3) is 6.28. The number of amides is 1. The number of nitrogens with one attached hydrogen (secondary N) is 2. The molecular weight excluding hydrogens is 367 g/mol. The predicted molar refractivity (Wildman–Crippen MR) is 92.6 cm³/mol. The highest BCUT2D eigenvalue weighted by molar-refractivity contribution is 14.0. The van der Waals surface area contributed by atoms with Gasteiger partial charge in [0.1, 0.15) is 0 Å². The second-order valence-electron chi connectivity index (χ2n) is 5.43. The van der Waals surface area contributed by atoms with Crippen LogP contribution >= 0.6 is 24.0 Å². The van der Waals surface area contributed by atoms with Crippen LogP contribution in [0.25, 0.3) is 0 Å². The first-order chi connectivity index (χ1) is 9.29. The molecule has 0 atom stereocenters. The number of carbonyl (C=O) groups is 1. The van der Waals surface area contributed by atoms with E-state index < -0.39 is 0 Å². The Hall–Kier alpha value is -0.530. The van der Waals surface area contributed by atoms with Gasteiger partial charge in [0, 0.05) is 39.1 Å². The van der Waals surface area contributed by atoms with Crippen LogP contribution in [0.5, 0.6) is 0 Å². The van der Waals surface area contributed by atoms with E-state index in [1.54, 1.807) is 0 Å². The van der Waals surface area contributed by atoms with Gasteiger partial charge >= 0.3 is 0 Å². The number of aliphatic imine (C=N–C) groups is 1. The molecule has 2 fully saturated rings. The van der Waals surface area contributed by atoms with E-state index in [0.717, 1.165) is 63.9 Å². The maximum absolute atomic E-state index is 11.5. The van der Waals surface area contributed by atoms with Gasteiger partial charge in [0.2, 0.25) is 5.91 Å². The van der Waals surface area contributed by atoms with Gasteiger partial charge in [-0.25, -0.2) is 0 Å². The molecule has 5 nitrogen and oxygen atoms in total. The Bertz CT molecular complexity index is 331. The van der Waals surface area contributed by atoms with E-state index in [1.807, 2.05) is 4.90 Å². The van der Waals surface area contributed by atoms with E-state index in [2.05, 4.69) is 22.5 Å². The molecule has 1 saturated heterocycles. The number of rotatable bonds is 7. The van der Waals surface area contributed by atoms with Crippen LogP contribution in [0, 0.1) is 5.92 Å². The zero-order valence-electron chi connectivity index (χ0n) is 12.4. The summed E-state index contributed by atoms with van der Waals surface area (Å²) in [4.78, 5) is 18.0. The minimum absolute atomic E-state index is 0. The lowest BCUT2D eigenvalue weighted by atomic mass is 10.4. The number of carbonyl (C=O) groups excluding carboxylic acids is 1. The van der Waals surface area contributed by atoms with Crippen molar-refractivity contribution in [2.75, 3.05) is 32.7 Å². The molecule has 0 bridgehead atoms. The fourth-order valence-corrected chi connectivity index (χ4v) is 2.28. The lowest BCUT2D eigenvalue weighted by molar-refractivity contribution is -0.127. The second kappa shape index (κ2) is 9.41. The highest BCUT2D eigenvalue weighted by Crippen LogP contribution is 2.28. The Balaban J connectivity index is 0.00000200. The highest BCUT2D eigenvalue weighted by atomic mass is 127. The number of guanidine groups is 1. The van der Waals surface area contributed by atoms with Gasteiger partial charge < -0.3 is 15.5 Å². The molecule has 0 aromatic heterocycles. The molecule has 0 spiro atoms. The van der Waals surface area contributed by atoms with Gasteiger partial charge in [-0.1, -0.05) is 0 Å². The largest absolute Gasteiger partial charge is 0.357 e. The summed E-state index contributed by atoms with van der Waals surface area (Å²) < 4.78 is 0. The van der Waals surface area contributed by atoms with Crippen LogP contribution in [0.1, 0.15) is 39.0 Å². The van der Waals surface area contributed by atoms with E-state index >= 15 is 0 Å². The minimum Gasteiger partial charge on any atom is -0.357 e. The fraction of sp³-hybridized carbons (Fsp3) is 0.857. The topological polar surface area (TPSA) is 56.7 Å². The molecule has 2 rings (SSSR count). The lowest BCUT2D eigenvalue weighted by Gasteiger charge is -2.16. The summed E-state index contributed by atoms with van der Waals surface area (Å²) in [5.74, 6) is 2.05. The molecule has 6 heteroatoms. The standard InChI is InChI=1S/C14H26N4O.HI/c1-2-15-14(17-11-12-6-7-12)16-8-4-10-18-9-3-5-13(18)19;/h12H,2-11H2,1H3,(H2,15,16,17);1H. The van der Waals surface area contributed by atoms with Crippen molar-refractivity contribution in [1.29, 1.82) is 0 Å². The third-order valence-electron chi connectivity index (χ3n) is 3.62. The summed E-state index contributed by atoms with van der Waals surface area (Å²) >= 11 is 0. The van der Waals surface area contributed by atoms with Crippen LogP contribution in [0.15, 0.2) is 4.99 Å². The van der Waals surface area contributed by atoms with Gasteiger partial charge in [-0.15, -0.1) is 24.0 Å². The van der Waals surface area contributed by atoms with Crippen LogP contribution < -0.4 is 10.6 Å². The molecule has 1 heterocycles. The van der Waals surface area contributed by atoms with Crippen LogP contribution in [0.3, 0.4) is 0 Å². The van der Waals surface area contributed by atoms with E-state index in [1.165, 1.54) is 12.8 Å². The summed E-state index contributed by atoms with van der Waals surface area (Å²) in [6.07, 6.45) is 5.41. The van der Waals surface area contributed by atoms with Crippen molar-refractivity contribution >= 4 is 35.8 Å². The molecule has 1 amide bonds. The van der Waals surface area contributed by atoms with Gasteiger partial charge in [-0.3, -0.25) is 9.79 Å². The summed E-state index contributed by atoms with van der Waals surface area (Å²) in [7, 11) is 0. The van der Waals surface area contributed by atoms with Crippen LogP contribution in [0.2, 0.25) is 0 Å². The Kier molecular flexibility index (Phi) is 8.25. The molecule has 1 aliphatic heterocycles. The van der Waals surface area contributed by atoms with Crippen molar-refractivity contribution in [3.05, 3.63) is 0 Å². The zero-order valence-corrected chi connectivity index (χ0v) is 14.7. The summed E-state index contributed by atoms with van der Waals surface area (Å²) in [5, 5.41) is 6.60. The first-order valence-corrected chi connectivity index (χ1v) is 7.59. The Morgan fingerprint density at radius 2 is 2.20 bits per heavy atom. The quantitative estimate of drug-likeness (QED) is 0.299. The van der Waals surface area contributed by atoms with Crippen molar-refractivity contribution < 1.29 is 4.79 Å². The third-order valence-corrected chi connectivity index (χ3v) is 3.62. The average Bonchev–Trinajstić information content (AvgIpc) is 3.14. The maximum Gasteiger partial charge on any atom is 0.222 e. The van der Waals surface area contributed by atoms with Gasteiger partial charge in [0.25, 0.3) is 0 Å². The van der Waals surface area contributed by atoms with E-state index in [4.69, 9.17) is 0 Å². The number of hydrogen-bond acceptors (Lipinski definition) is 2. The van der Waals surface area contributed by atoms with Crippen molar-refractivity contribution in [1.82, 2.24) is 15.5 Å². The minimum atomic E-state index is 0. The molecule has 20 heavy (non-hydrogen) atoms. The Morgan fingerprint density at radius 3 is 2.80 bits per heavy atom. The van der Waals surface area contributed by atoms with Crippen molar-refractivity contribution in [2.24, 2.45) is 10.9 Å². The monoisotopic (exact) mass is 394 g/mol. The number of halogens is 1. The van der Waals surface area contributed by atoms with E-state index in [9.17, 15) is 4.79 Å². The summed E-state index contributed by atoms with van der Waals surface area (Å²) in [6, 6.07) is 0. The summed E-state index contributed by atoms with van der Waals surface area (Å²) in [6.45, 7) is 6.60.